The van der Waals surface area contributed by atoms with Gasteiger partial charge in [-0.05, 0) is 42.7 Å². The molecule has 3 aromatic rings. The molecule has 4 nitrogen and oxygen atoms in total. The molecule has 0 atom stereocenters. The second-order valence-corrected chi connectivity index (χ2v) is 6.35. The normalized spacial score (nSPS) is 13.6. The van der Waals surface area contributed by atoms with Gasteiger partial charge in [0.15, 0.2) is 11.5 Å². The highest BCUT2D eigenvalue weighted by Gasteiger charge is 2.34. The van der Waals surface area contributed by atoms with Crippen molar-refractivity contribution in [3.05, 3.63) is 77.5 Å². The number of hydrogen-bond donors (Lipinski definition) is 0. The van der Waals surface area contributed by atoms with Gasteiger partial charge in [-0.25, -0.2) is 8.78 Å². The van der Waals surface area contributed by atoms with Gasteiger partial charge in [-0.15, -0.1) is 0 Å². The number of hydrogen-bond acceptors (Lipinski definition) is 3. The Morgan fingerprint density at radius 1 is 1.12 bits per heavy atom. The van der Waals surface area contributed by atoms with Gasteiger partial charge in [0.05, 0.1) is 5.56 Å². The van der Waals surface area contributed by atoms with Gasteiger partial charge in [0.1, 0.15) is 11.6 Å². The zero-order chi connectivity index (χ0) is 18.1. The van der Waals surface area contributed by atoms with Crippen LogP contribution in [0.15, 0.2) is 59.1 Å². The molecule has 1 heterocycles. The Labute approximate surface area is 149 Å². The van der Waals surface area contributed by atoms with Crippen molar-refractivity contribution >= 4 is 5.91 Å². The molecule has 0 saturated heterocycles. The zero-order valence-electron chi connectivity index (χ0n) is 13.9. The van der Waals surface area contributed by atoms with Crippen molar-refractivity contribution in [3.8, 4) is 11.3 Å². The molecule has 0 unspecified atom stereocenters. The minimum atomic E-state index is -0.437. The van der Waals surface area contributed by atoms with Gasteiger partial charge in [0, 0.05) is 18.7 Å². The Morgan fingerprint density at radius 3 is 2.54 bits per heavy atom. The molecule has 1 aromatic heterocycles. The average molecular weight is 354 g/mol. The minimum absolute atomic E-state index is 0.136. The fourth-order valence-corrected chi connectivity index (χ4v) is 2.85. The topological polar surface area (TPSA) is 46.3 Å². The number of nitrogens with zero attached hydrogens (tertiary/aromatic N) is 2. The Bertz CT molecular complexity index is 933. The maximum absolute atomic E-state index is 13.9. The maximum Gasteiger partial charge on any atom is 0.276 e. The van der Waals surface area contributed by atoms with E-state index in [-0.39, 0.29) is 34.8 Å². The van der Waals surface area contributed by atoms with Crippen LogP contribution in [-0.4, -0.2) is 22.0 Å². The summed E-state index contributed by atoms with van der Waals surface area (Å²) in [5, 5.41) is 3.83. The summed E-state index contributed by atoms with van der Waals surface area (Å²) in [7, 11) is 0. The average Bonchev–Trinajstić information content (AvgIpc) is 3.37. The molecule has 0 spiro atoms. The van der Waals surface area contributed by atoms with E-state index in [2.05, 4.69) is 5.16 Å². The third-order valence-electron chi connectivity index (χ3n) is 4.38. The summed E-state index contributed by atoms with van der Waals surface area (Å²) < 4.78 is 32.2. The minimum Gasteiger partial charge on any atom is -0.355 e. The van der Waals surface area contributed by atoms with E-state index < -0.39 is 5.82 Å². The molecule has 1 aliphatic rings. The smallest absolute Gasteiger partial charge is 0.276 e. The molecular formula is C20H16F2N2O2. The van der Waals surface area contributed by atoms with Crippen molar-refractivity contribution in [2.75, 3.05) is 0 Å². The summed E-state index contributed by atoms with van der Waals surface area (Å²) in [6, 6.07) is 13.8. The second kappa shape index (κ2) is 6.71. The zero-order valence-corrected chi connectivity index (χ0v) is 13.9. The Morgan fingerprint density at radius 2 is 1.85 bits per heavy atom. The van der Waals surface area contributed by atoms with Gasteiger partial charge in [-0.2, -0.15) is 0 Å². The molecule has 0 aliphatic heterocycles. The second-order valence-electron chi connectivity index (χ2n) is 6.35. The summed E-state index contributed by atoms with van der Waals surface area (Å²) in [6.45, 7) is 0.367. The van der Waals surface area contributed by atoms with E-state index in [1.807, 2.05) is 0 Å². The van der Waals surface area contributed by atoms with E-state index in [0.717, 1.165) is 18.4 Å². The Hall–Kier alpha value is -3.02. The van der Waals surface area contributed by atoms with Crippen LogP contribution in [0.25, 0.3) is 11.3 Å². The van der Waals surface area contributed by atoms with E-state index in [4.69, 9.17) is 4.52 Å². The molecule has 0 N–H and O–H groups in total. The third-order valence-corrected chi connectivity index (χ3v) is 4.38. The number of rotatable bonds is 5. The van der Waals surface area contributed by atoms with Crippen LogP contribution in [0, 0.1) is 11.6 Å². The highest BCUT2D eigenvalue weighted by Crippen LogP contribution is 2.31. The summed E-state index contributed by atoms with van der Waals surface area (Å²) in [5.41, 5.74) is 1.23. The van der Waals surface area contributed by atoms with Crippen molar-refractivity contribution in [3.63, 3.8) is 0 Å². The Balaban J connectivity index is 1.57. The first-order chi connectivity index (χ1) is 12.6. The molecule has 6 heteroatoms. The number of amides is 1. The van der Waals surface area contributed by atoms with Crippen LogP contribution in [0.3, 0.4) is 0 Å². The highest BCUT2D eigenvalue weighted by atomic mass is 19.1. The molecule has 132 valence electrons. The van der Waals surface area contributed by atoms with Crippen LogP contribution in [0.2, 0.25) is 0 Å². The third kappa shape index (κ3) is 3.35. The summed E-state index contributed by atoms with van der Waals surface area (Å²) in [5.74, 6) is -0.816. The predicted octanol–water partition coefficient (Wildman–Crippen LogP) is 4.42. The summed E-state index contributed by atoms with van der Waals surface area (Å²) >= 11 is 0. The first-order valence-corrected chi connectivity index (χ1v) is 8.39. The lowest BCUT2D eigenvalue weighted by molar-refractivity contribution is 0.0719. The summed E-state index contributed by atoms with van der Waals surface area (Å²) in [6.07, 6.45) is 1.84. The molecule has 1 amide bonds. The van der Waals surface area contributed by atoms with Crippen LogP contribution >= 0.6 is 0 Å². The van der Waals surface area contributed by atoms with Crippen molar-refractivity contribution in [1.82, 2.24) is 10.1 Å². The van der Waals surface area contributed by atoms with Crippen molar-refractivity contribution in [1.29, 1.82) is 0 Å². The van der Waals surface area contributed by atoms with Crippen LogP contribution in [-0.2, 0) is 6.54 Å². The van der Waals surface area contributed by atoms with Crippen LogP contribution in [0.4, 0.5) is 8.78 Å². The number of carbonyl (C=O) groups is 1. The molecule has 0 radical (unpaired) electrons. The number of benzene rings is 2. The molecule has 4 rings (SSSR count). The molecule has 1 saturated carbocycles. The molecule has 1 fully saturated rings. The van der Waals surface area contributed by atoms with E-state index >= 15 is 0 Å². The van der Waals surface area contributed by atoms with Crippen molar-refractivity contribution in [2.24, 2.45) is 0 Å². The monoisotopic (exact) mass is 354 g/mol. The fourth-order valence-electron chi connectivity index (χ4n) is 2.85. The van der Waals surface area contributed by atoms with Gasteiger partial charge in [-0.3, -0.25) is 4.79 Å². The lowest BCUT2D eigenvalue weighted by Gasteiger charge is -2.21. The fraction of sp³-hybridized carbons (Fsp3) is 0.200. The van der Waals surface area contributed by atoms with Gasteiger partial charge in [0.2, 0.25) is 0 Å². The van der Waals surface area contributed by atoms with E-state index in [1.54, 1.807) is 35.2 Å². The summed E-state index contributed by atoms with van der Waals surface area (Å²) in [4.78, 5) is 14.6. The van der Waals surface area contributed by atoms with E-state index in [1.165, 1.54) is 24.3 Å². The predicted molar refractivity (Wildman–Crippen MR) is 91.2 cm³/mol. The molecule has 0 bridgehead atoms. The van der Waals surface area contributed by atoms with Gasteiger partial charge in [-0.1, -0.05) is 29.4 Å². The largest absolute Gasteiger partial charge is 0.355 e. The standard InChI is InChI=1S/C20H16F2N2O2/c21-14-7-5-13(6-8-14)12-24(15-9-10-15)20(25)18-11-19(26-23-18)16-3-1-2-4-17(16)22/h1-8,11,15H,9-10,12H2. The number of carbonyl (C=O) groups excluding carboxylic acids is 1. The number of aromatic nitrogens is 1. The molecular weight excluding hydrogens is 338 g/mol. The first kappa shape index (κ1) is 16.4. The van der Waals surface area contributed by atoms with E-state index in [9.17, 15) is 13.6 Å². The van der Waals surface area contributed by atoms with Gasteiger partial charge in [0.25, 0.3) is 5.91 Å². The lowest BCUT2D eigenvalue weighted by atomic mass is 10.1. The van der Waals surface area contributed by atoms with Crippen LogP contribution < -0.4 is 0 Å². The highest BCUT2D eigenvalue weighted by molar-refractivity contribution is 5.93. The molecule has 2 aromatic carbocycles. The van der Waals surface area contributed by atoms with Gasteiger partial charge >= 0.3 is 0 Å². The Kier molecular flexibility index (Phi) is 4.24. The quantitative estimate of drug-likeness (QED) is 0.681. The van der Waals surface area contributed by atoms with Crippen molar-refractivity contribution < 1.29 is 18.1 Å². The molecule has 1 aliphatic carbocycles. The number of halogens is 2. The van der Waals surface area contributed by atoms with Crippen molar-refractivity contribution in [2.45, 2.75) is 25.4 Å². The van der Waals surface area contributed by atoms with E-state index in [0.29, 0.717) is 6.54 Å². The SMILES string of the molecule is O=C(c1cc(-c2ccccc2F)on1)N(Cc1ccc(F)cc1)C1CC1. The first-order valence-electron chi connectivity index (χ1n) is 8.39. The maximum atomic E-state index is 13.9. The van der Waals surface area contributed by atoms with Crippen LogP contribution in [0.1, 0.15) is 28.9 Å². The lowest BCUT2D eigenvalue weighted by Crippen LogP contribution is -2.32. The van der Waals surface area contributed by atoms with Crippen LogP contribution in [0.5, 0.6) is 0 Å². The molecule has 26 heavy (non-hydrogen) atoms. The van der Waals surface area contributed by atoms with Gasteiger partial charge < -0.3 is 9.42 Å².